The number of nitrogens with two attached hydrogens (primary N) is 1. The molecule has 0 saturated carbocycles. The zero-order valence-electron chi connectivity index (χ0n) is 18.8. The van der Waals surface area contributed by atoms with Crippen LogP contribution in [0.2, 0.25) is 0 Å². The van der Waals surface area contributed by atoms with Gasteiger partial charge in [-0.15, -0.1) is 0 Å². The van der Waals surface area contributed by atoms with Gasteiger partial charge in [0.1, 0.15) is 5.75 Å². The minimum Gasteiger partial charge on any atom is -0.483 e. The fraction of sp³-hybridized carbons (Fsp3) is 0.296. The quantitative estimate of drug-likeness (QED) is 0.579. The van der Waals surface area contributed by atoms with E-state index in [4.69, 9.17) is 10.5 Å². The van der Waals surface area contributed by atoms with Gasteiger partial charge >= 0.3 is 0 Å². The highest BCUT2D eigenvalue weighted by Gasteiger charge is 2.21. The summed E-state index contributed by atoms with van der Waals surface area (Å²) in [5.41, 5.74) is 12.6. The summed E-state index contributed by atoms with van der Waals surface area (Å²) in [6, 6.07) is 22.6. The topological polar surface area (TPSA) is 67.6 Å². The van der Waals surface area contributed by atoms with Crippen LogP contribution in [0.25, 0.3) is 11.1 Å². The van der Waals surface area contributed by atoms with Gasteiger partial charge in [0.05, 0.1) is 0 Å². The van der Waals surface area contributed by atoms with Crippen molar-refractivity contribution in [3.63, 3.8) is 0 Å². The molecule has 1 heterocycles. The first kappa shape index (κ1) is 22.1. The zero-order chi connectivity index (χ0) is 22.5. The van der Waals surface area contributed by atoms with E-state index in [0.29, 0.717) is 0 Å². The predicted octanol–water partition coefficient (Wildman–Crippen LogP) is 4.52. The van der Waals surface area contributed by atoms with Crippen LogP contribution in [0, 0.1) is 13.8 Å². The smallest absolute Gasteiger partial charge is 0.262 e. The lowest BCUT2D eigenvalue weighted by molar-refractivity contribution is -0.118. The summed E-state index contributed by atoms with van der Waals surface area (Å²) >= 11 is 0. The number of likely N-dealkylation sites (tertiary alicyclic amines) is 1. The second kappa shape index (κ2) is 9.98. The number of anilines is 1. The number of aryl methyl sites for hydroxylation is 2. The maximum Gasteiger partial charge on any atom is 0.262 e. The van der Waals surface area contributed by atoms with Gasteiger partial charge in [-0.05, 0) is 55.7 Å². The lowest BCUT2D eigenvalue weighted by Crippen LogP contribution is -2.26. The lowest BCUT2D eigenvalue weighted by Gasteiger charge is -2.19. The number of rotatable bonds is 7. The second-order valence-electron chi connectivity index (χ2n) is 8.68. The Labute approximate surface area is 190 Å². The van der Waals surface area contributed by atoms with Gasteiger partial charge in [0.2, 0.25) is 0 Å². The number of hydrogen-bond donors (Lipinski definition) is 2. The molecule has 1 atom stereocenters. The van der Waals surface area contributed by atoms with Gasteiger partial charge < -0.3 is 15.8 Å². The highest BCUT2D eigenvalue weighted by molar-refractivity contribution is 5.91. The lowest BCUT2D eigenvalue weighted by atomic mass is 10.0. The van der Waals surface area contributed by atoms with Crippen LogP contribution < -0.4 is 15.8 Å². The van der Waals surface area contributed by atoms with Gasteiger partial charge in [-0.2, -0.15) is 0 Å². The summed E-state index contributed by atoms with van der Waals surface area (Å²) in [5.74, 6) is 0.562. The van der Waals surface area contributed by atoms with Crippen LogP contribution in [-0.2, 0) is 11.3 Å². The molecule has 5 heteroatoms. The number of hydrogen-bond acceptors (Lipinski definition) is 4. The third-order valence-corrected chi connectivity index (χ3v) is 5.81. The Kier molecular flexibility index (Phi) is 6.88. The van der Waals surface area contributed by atoms with Crippen molar-refractivity contribution < 1.29 is 9.53 Å². The van der Waals surface area contributed by atoms with E-state index in [1.807, 2.05) is 37.3 Å². The summed E-state index contributed by atoms with van der Waals surface area (Å²) in [6.07, 6.45) is 1.01. The average Bonchev–Trinajstić information content (AvgIpc) is 3.19. The van der Waals surface area contributed by atoms with Crippen LogP contribution in [0.4, 0.5) is 5.69 Å². The van der Waals surface area contributed by atoms with Crippen LogP contribution in [0.5, 0.6) is 5.75 Å². The van der Waals surface area contributed by atoms with Crippen molar-refractivity contribution in [3.05, 3.63) is 83.4 Å². The molecule has 0 aliphatic carbocycles. The maximum atomic E-state index is 12.4. The van der Waals surface area contributed by atoms with Crippen LogP contribution in [0.3, 0.4) is 0 Å². The molecular weight excluding hydrogens is 398 g/mol. The Morgan fingerprint density at radius 2 is 1.81 bits per heavy atom. The van der Waals surface area contributed by atoms with Crippen LogP contribution in [-0.4, -0.2) is 36.5 Å². The normalized spacial score (nSPS) is 16.2. The number of carbonyl (C=O) groups excluding carboxylic acids is 1. The highest BCUT2D eigenvalue weighted by atomic mass is 16.5. The van der Waals surface area contributed by atoms with Gasteiger partial charge in [0.15, 0.2) is 6.61 Å². The minimum absolute atomic E-state index is 0.0375. The van der Waals surface area contributed by atoms with Crippen molar-refractivity contribution in [1.29, 1.82) is 0 Å². The van der Waals surface area contributed by atoms with Crippen molar-refractivity contribution in [2.24, 2.45) is 5.73 Å². The Balaban J connectivity index is 1.50. The molecular formula is C27H31N3O2. The van der Waals surface area contributed by atoms with E-state index < -0.39 is 0 Å². The van der Waals surface area contributed by atoms with Gasteiger partial charge in [-0.25, -0.2) is 0 Å². The number of ether oxygens (including phenoxy) is 1. The predicted molar refractivity (Wildman–Crippen MR) is 130 cm³/mol. The van der Waals surface area contributed by atoms with Crippen molar-refractivity contribution in [1.82, 2.24) is 4.90 Å². The molecule has 0 radical (unpaired) electrons. The molecule has 0 aromatic heterocycles. The third-order valence-electron chi connectivity index (χ3n) is 5.81. The summed E-state index contributed by atoms with van der Waals surface area (Å²) in [7, 11) is 0. The Morgan fingerprint density at radius 3 is 2.53 bits per heavy atom. The second-order valence-corrected chi connectivity index (χ2v) is 8.68. The number of carbonyl (C=O) groups is 1. The molecule has 1 aliphatic heterocycles. The molecule has 1 fully saturated rings. The van der Waals surface area contributed by atoms with E-state index >= 15 is 0 Å². The van der Waals surface area contributed by atoms with Crippen molar-refractivity contribution in [2.75, 3.05) is 25.0 Å². The molecule has 3 N–H and O–H groups in total. The van der Waals surface area contributed by atoms with Gasteiger partial charge in [0, 0.05) is 36.9 Å². The van der Waals surface area contributed by atoms with Crippen LogP contribution >= 0.6 is 0 Å². The summed E-state index contributed by atoms with van der Waals surface area (Å²) < 4.78 is 5.98. The highest BCUT2D eigenvalue weighted by Crippen LogP contribution is 2.29. The number of benzene rings is 3. The monoisotopic (exact) mass is 429 g/mol. The van der Waals surface area contributed by atoms with Crippen LogP contribution in [0.15, 0.2) is 66.7 Å². The molecule has 3 aromatic rings. The van der Waals surface area contributed by atoms with Crippen LogP contribution in [0.1, 0.15) is 23.1 Å². The first-order valence-electron chi connectivity index (χ1n) is 11.1. The first-order chi connectivity index (χ1) is 15.5. The molecule has 1 aliphatic rings. The van der Waals surface area contributed by atoms with E-state index in [-0.39, 0.29) is 18.6 Å². The van der Waals surface area contributed by atoms with Gasteiger partial charge in [0.25, 0.3) is 5.91 Å². The Bertz CT molecular complexity index is 1080. The molecule has 1 saturated heterocycles. The first-order valence-corrected chi connectivity index (χ1v) is 11.1. The van der Waals surface area contributed by atoms with E-state index in [2.05, 4.69) is 53.5 Å². The van der Waals surface area contributed by atoms with Crippen molar-refractivity contribution in [2.45, 2.75) is 32.9 Å². The fourth-order valence-corrected chi connectivity index (χ4v) is 4.07. The molecule has 1 amide bonds. The molecule has 5 nitrogen and oxygen atoms in total. The number of amides is 1. The maximum absolute atomic E-state index is 12.4. The zero-order valence-corrected chi connectivity index (χ0v) is 18.8. The Morgan fingerprint density at radius 1 is 1.03 bits per heavy atom. The molecule has 0 spiro atoms. The van der Waals surface area contributed by atoms with Gasteiger partial charge in [-0.1, -0.05) is 53.6 Å². The minimum atomic E-state index is -0.175. The number of nitrogens with zero attached hydrogens (tertiary/aromatic N) is 1. The molecule has 4 rings (SSSR count). The van der Waals surface area contributed by atoms with Crippen molar-refractivity contribution in [3.8, 4) is 16.9 Å². The molecule has 32 heavy (non-hydrogen) atoms. The van der Waals surface area contributed by atoms with E-state index in [1.54, 1.807) is 0 Å². The standard InChI is InChI=1S/C27H31N3O2/c1-19-6-9-25(10-7-19)29-27(31)18-32-26-11-8-22(21-5-3-4-20(2)14-21)15-23(26)16-30-13-12-24(28)17-30/h3-11,14-15,24H,12-13,16-18,28H2,1-2H3,(H,29,31)/t24-/m0/s1. The molecule has 0 unspecified atom stereocenters. The largest absolute Gasteiger partial charge is 0.483 e. The third kappa shape index (κ3) is 5.75. The number of nitrogens with one attached hydrogen (secondary N) is 1. The van der Waals surface area contributed by atoms with Crippen molar-refractivity contribution >= 4 is 11.6 Å². The summed E-state index contributed by atoms with van der Waals surface area (Å²) in [4.78, 5) is 14.8. The summed E-state index contributed by atoms with van der Waals surface area (Å²) in [6.45, 7) is 6.68. The Hall–Kier alpha value is -3.15. The van der Waals surface area contributed by atoms with Gasteiger partial charge in [-0.3, -0.25) is 9.69 Å². The van der Waals surface area contributed by atoms with E-state index in [9.17, 15) is 4.79 Å². The molecule has 0 bridgehead atoms. The van der Waals surface area contributed by atoms with E-state index in [1.165, 1.54) is 11.1 Å². The molecule has 166 valence electrons. The molecule has 3 aromatic carbocycles. The summed E-state index contributed by atoms with van der Waals surface area (Å²) in [5, 5.41) is 2.89. The fourth-order valence-electron chi connectivity index (χ4n) is 4.07. The SMILES string of the molecule is Cc1ccc(NC(=O)COc2ccc(-c3cccc(C)c3)cc2CN2CC[C@H](N)C2)cc1. The average molecular weight is 430 g/mol. The van der Waals surface area contributed by atoms with E-state index in [0.717, 1.165) is 54.2 Å².